The van der Waals surface area contributed by atoms with Crippen LogP contribution in [0.2, 0.25) is 5.02 Å². The van der Waals surface area contributed by atoms with E-state index in [1.165, 1.54) is 0 Å². The molecule has 1 fully saturated rings. The van der Waals surface area contributed by atoms with Gasteiger partial charge in [-0.15, -0.1) is 0 Å². The Bertz CT molecular complexity index is 673. The monoisotopic (exact) mass is 423 g/mol. The molecule has 0 radical (unpaired) electrons. The van der Waals surface area contributed by atoms with E-state index in [1.54, 1.807) is 4.90 Å². The number of ether oxygens (including phenoxy) is 1. The summed E-state index contributed by atoms with van der Waals surface area (Å²) in [5.74, 6) is 0.434. The lowest BCUT2D eigenvalue weighted by Gasteiger charge is -2.32. The quantitative estimate of drug-likeness (QED) is 0.495. The smallest absolute Gasteiger partial charge is 0.409 e. The molecular formula is C21H34ClN5O2. The average Bonchev–Trinajstić information content (AvgIpc) is 2.72. The minimum atomic E-state index is -0.241. The minimum Gasteiger partial charge on any atom is -0.450 e. The van der Waals surface area contributed by atoms with Crippen LogP contribution in [0, 0.1) is 0 Å². The van der Waals surface area contributed by atoms with Gasteiger partial charge in [-0.25, -0.2) is 4.79 Å². The molecule has 0 saturated carbocycles. The van der Waals surface area contributed by atoms with Gasteiger partial charge in [-0.1, -0.05) is 43.6 Å². The SMILES string of the molecule is CCOC(=O)N1CCC(NC(N)=NCC(c2ccccc2Cl)N(CC)CC)CC1. The Morgan fingerprint density at radius 2 is 1.97 bits per heavy atom. The van der Waals surface area contributed by atoms with Crippen molar-refractivity contribution >= 4 is 23.7 Å². The third-order valence-electron chi connectivity index (χ3n) is 5.32. The molecule has 8 heteroatoms. The van der Waals surface area contributed by atoms with Crippen LogP contribution in [-0.4, -0.2) is 67.2 Å². The summed E-state index contributed by atoms with van der Waals surface area (Å²) in [5.41, 5.74) is 7.24. The van der Waals surface area contributed by atoms with Crippen molar-refractivity contribution in [3.63, 3.8) is 0 Å². The molecule has 7 nitrogen and oxygen atoms in total. The molecule has 1 aromatic rings. The fourth-order valence-electron chi connectivity index (χ4n) is 3.68. The first-order valence-corrected chi connectivity index (χ1v) is 10.8. The van der Waals surface area contributed by atoms with E-state index in [1.807, 2.05) is 25.1 Å². The van der Waals surface area contributed by atoms with E-state index < -0.39 is 0 Å². The maximum Gasteiger partial charge on any atom is 0.409 e. The highest BCUT2D eigenvalue weighted by molar-refractivity contribution is 6.31. The molecule has 162 valence electrons. The zero-order chi connectivity index (χ0) is 21.2. The number of aliphatic imine (C=N–C) groups is 1. The number of hydrogen-bond donors (Lipinski definition) is 2. The maximum atomic E-state index is 11.8. The number of nitrogens with two attached hydrogens (primary N) is 1. The summed E-state index contributed by atoms with van der Waals surface area (Å²) < 4.78 is 5.06. The van der Waals surface area contributed by atoms with E-state index in [9.17, 15) is 4.79 Å². The van der Waals surface area contributed by atoms with E-state index in [0.29, 0.717) is 32.2 Å². The van der Waals surface area contributed by atoms with Gasteiger partial charge in [-0.2, -0.15) is 0 Å². The van der Waals surface area contributed by atoms with E-state index in [0.717, 1.165) is 36.5 Å². The van der Waals surface area contributed by atoms with Crippen LogP contribution in [-0.2, 0) is 4.74 Å². The first-order valence-electron chi connectivity index (χ1n) is 10.5. The standard InChI is InChI=1S/C21H34ClN5O2/c1-4-26(5-2)19(17-9-7-8-10-18(17)22)15-24-20(23)25-16-11-13-27(14-12-16)21(28)29-6-3/h7-10,16,19H,4-6,11-15H2,1-3H3,(H3,23,24,25). The van der Waals surface area contributed by atoms with Gasteiger partial charge >= 0.3 is 6.09 Å². The topological polar surface area (TPSA) is 83.2 Å². The highest BCUT2D eigenvalue weighted by Crippen LogP contribution is 2.27. The van der Waals surface area contributed by atoms with Crippen molar-refractivity contribution in [2.24, 2.45) is 10.7 Å². The number of piperidine rings is 1. The first kappa shape index (κ1) is 23.3. The molecule has 0 aromatic heterocycles. The summed E-state index contributed by atoms with van der Waals surface area (Å²) in [6.07, 6.45) is 1.40. The summed E-state index contributed by atoms with van der Waals surface area (Å²) >= 11 is 6.45. The number of likely N-dealkylation sites (tertiary alicyclic amines) is 1. The summed E-state index contributed by atoms with van der Waals surface area (Å²) in [5, 5.41) is 4.05. The number of amides is 1. The van der Waals surface area contributed by atoms with E-state index in [2.05, 4.69) is 35.1 Å². The number of guanidine groups is 1. The lowest BCUT2D eigenvalue weighted by Crippen LogP contribution is -2.48. The maximum absolute atomic E-state index is 11.8. The van der Waals surface area contributed by atoms with Gasteiger partial charge in [0.25, 0.3) is 0 Å². The molecule has 0 bridgehead atoms. The van der Waals surface area contributed by atoms with Crippen LogP contribution in [0.15, 0.2) is 29.3 Å². The number of carbonyl (C=O) groups excluding carboxylic acids is 1. The van der Waals surface area contributed by atoms with Crippen LogP contribution < -0.4 is 11.1 Å². The minimum absolute atomic E-state index is 0.0738. The Hall–Kier alpha value is -1.99. The molecule has 1 aliphatic rings. The number of carbonyl (C=O) groups is 1. The molecule has 2 rings (SSSR count). The Morgan fingerprint density at radius 3 is 2.55 bits per heavy atom. The van der Waals surface area contributed by atoms with Crippen LogP contribution in [0.3, 0.4) is 0 Å². The summed E-state index contributed by atoms with van der Waals surface area (Å²) in [6, 6.07) is 8.18. The van der Waals surface area contributed by atoms with Gasteiger partial charge < -0.3 is 20.7 Å². The summed E-state index contributed by atoms with van der Waals surface area (Å²) in [4.78, 5) is 20.5. The van der Waals surface area contributed by atoms with Crippen LogP contribution >= 0.6 is 11.6 Å². The Balaban J connectivity index is 1.95. The zero-order valence-electron chi connectivity index (χ0n) is 17.7. The Labute approximate surface area is 179 Å². The van der Waals surface area contributed by atoms with E-state index >= 15 is 0 Å². The highest BCUT2D eigenvalue weighted by Gasteiger charge is 2.24. The number of likely N-dealkylation sites (N-methyl/N-ethyl adjacent to an activating group) is 1. The van der Waals surface area contributed by atoms with Crippen molar-refractivity contribution in [3.8, 4) is 0 Å². The molecule has 1 heterocycles. The second kappa shape index (κ2) is 11.9. The number of halogens is 1. The molecule has 1 saturated heterocycles. The largest absolute Gasteiger partial charge is 0.450 e. The predicted octanol–water partition coefficient (Wildman–Crippen LogP) is 3.25. The highest BCUT2D eigenvalue weighted by atomic mass is 35.5. The van der Waals surface area contributed by atoms with Crippen molar-refractivity contribution in [2.45, 2.75) is 45.7 Å². The Kier molecular flexibility index (Phi) is 9.54. The lowest BCUT2D eigenvalue weighted by molar-refractivity contribution is 0.0963. The van der Waals surface area contributed by atoms with Crippen molar-refractivity contribution < 1.29 is 9.53 Å². The van der Waals surface area contributed by atoms with Gasteiger partial charge in [0.15, 0.2) is 5.96 Å². The fourth-order valence-corrected chi connectivity index (χ4v) is 3.94. The van der Waals surface area contributed by atoms with Crippen LogP contribution in [0.25, 0.3) is 0 Å². The molecule has 0 spiro atoms. The Morgan fingerprint density at radius 1 is 1.31 bits per heavy atom. The van der Waals surface area contributed by atoms with Gasteiger partial charge in [0.1, 0.15) is 0 Å². The van der Waals surface area contributed by atoms with Crippen LogP contribution in [0.4, 0.5) is 4.79 Å². The van der Waals surface area contributed by atoms with Gasteiger partial charge in [0, 0.05) is 24.2 Å². The second-order valence-electron chi connectivity index (χ2n) is 7.09. The molecule has 29 heavy (non-hydrogen) atoms. The molecular weight excluding hydrogens is 390 g/mol. The van der Waals surface area contributed by atoms with Crippen molar-refractivity contribution in [3.05, 3.63) is 34.9 Å². The molecule has 1 amide bonds. The molecule has 3 N–H and O–H groups in total. The van der Waals surface area contributed by atoms with Crippen molar-refractivity contribution in [1.82, 2.24) is 15.1 Å². The van der Waals surface area contributed by atoms with Gasteiger partial charge in [0.05, 0.1) is 19.2 Å². The number of nitrogens with zero attached hydrogens (tertiary/aromatic N) is 3. The van der Waals surface area contributed by atoms with Crippen molar-refractivity contribution in [1.29, 1.82) is 0 Å². The number of benzene rings is 1. The molecule has 1 atom stereocenters. The molecule has 1 unspecified atom stereocenters. The number of nitrogens with one attached hydrogen (secondary N) is 1. The lowest BCUT2D eigenvalue weighted by atomic mass is 10.0. The summed E-state index contributed by atoms with van der Waals surface area (Å²) in [6.45, 7) is 10.1. The third kappa shape index (κ3) is 6.78. The van der Waals surface area contributed by atoms with Gasteiger partial charge in [-0.05, 0) is 44.5 Å². The fraction of sp³-hybridized carbons (Fsp3) is 0.619. The number of rotatable bonds is 8. The van der Waals surface area contributed by atoms with Crippen molar-refractivity contribution in [2.75, 3.05) is 39.3 Å². The van der Waals surface area contributed by atoms with Crippen LogP contribution in [0.1, 0.15) is 45.2 Å². The normalized spacial score (nSPS) is 16.7. The van der Waals surface area contributed by atoms with E-state index in [4.69, 9.17) is 22.1 Å². The van der Waals surface area contributed by atoms with Gasteiger partial charge in [0.2, 0.25) is 0 Å². The molecule has 1 aromatic carbocycles. The predicted molar refractivity (Wildman–Crippen MR) is 118 cm³/mol. The number of hydrogen-bond acceptors (Lipinski definition) is 4. The second-order valence-corrected chi connectivity index (χ2v) is 7.50. The summed E-state index contributed by atoms with van der Waals surface area (Å²) in [7, 11) is 0. The van der Waals surface area contributed by atoms with Gasteiger partial charge in [-0.3, -0.25) is 9.89 Å². The first-order chi connectivity index (χ1) is 14.0. The van der Waals surface area contributed by atoms with E-state index in [-0.39, 0.29) is 18.2 Å². The molecule has 1 aliphatic heterocycles. The molecule has 0 aliphatic carbocycles. The zero-order valence-corrected chi connectivity index (χ0v) is 18.5. The third-order valence-corrected chi connectivity index (χ3v) is 5.67. The van der Waals surface area contributed by atoms with Crippen LogP contribution in [0.5, 0.6) is 0 Å². The average molecular weight is 424 g/mol.